The van der Waals surface area contributed by atoms with E-state index in [1.54, 1.807) is 0 Å². The summed E-state index contributed by atoms with van der Waals surface area (Å²) in [5.74, 6) is -10.0. The highest BCUT2D eigenvalue weighted by atomic mass is 19.2. The summed E-state index contributed by atoms with van der Waals surface area (Å²) in [6, 6.07) is 1.58. The topological polar surface area (TPSA) is 29.9 Å². The van der Waals surface area contributed by atoms with Gasteiger partial charge in [-0.25, -0.2) is 26.6 Å². The fourth-order valence-corrected chi connectivity index (χ4v) is 1.68. The minimum Gasteiger partial charge on any atom is -0.309 e. The largest absolute Gasteiger partial charge is 0.309 e. The van der Waals surface area contributed by atoms with Gasteiger partial charge in [0.15, 0.2) is 23.3 Å². The molecule has 0 spiro atoms. The van der Waals surface area contributed by atoms with E-state index in [9.17, 15) is 22.0 Å². The summed E-state index contributed by atoms with van der Waals surface area (Å²) in [5, 5.41) is 6.82. The van der Waals surface area contributed by atoms with Gasteiger partial charge in [0.1, 0.15) is 5.69 Å². The van der Waals surface area contributed by atoms with Crippen molar-refractivity contribution >= 4 is 0 Å². The fourth-order valence-electron chi connectivity index (χ4n) is 1.68. The molecule has 1 N–H and O–H groups in total. The fraction of sp³-hybridized carbons (Fsp3) is 0.308. The van der Waals surface area contributed by atoms with E-state index in [0.717, 1.165) is 6.20 Å². The van der Waals surface area contributed by atoms with Crippen LogP contribution in [-0.2, 0) is 6.54 Å². The van der Waals surface area contributed by atoms with Gasteiger partial charge in [0, 0.05) is 18.8 Å². The van der Waals surface area contributed by atoms with E-state index in [0.29, 0.717) is 16.9 Å². The van der Waals surface area contributed by atoms with E-state index < -0.39 is 34.8 Å². The molecule has 0 atom stereocenters. The third-order valence-corrected chi connectivity index (χ3v) is 2.75. The van der Waals surface area contributed by atoms with Crippen LogP contribution in [0.3, 0.4) is 0 Å². The van der Waals surface area contributed by atoms with Gasteiger partial charge >= 0.3 is 0 Å². The normalized spacial score (nSPS) is 11.4. The Kier molecular flexibility index (Phi) is 4.26. The first kappa shape index (κ1) is 15.4. The number of nitrogens with zero attached hydrogens (tertiary/aromatic N) is 2. The zero-order valence-corrected chi connectivity index (χ0v) is 11.2. The number of hydrogen-bond acceptors (Lipinski definition) is 2. The van der Waals surface area contributed by atoms with Gasteiger partial charge in [-0.2, -0.15) is 5.10 Å². The van der Waals surface area contributed by atoms with Crippen molar-refractivity contribution in [3.8, 4) is 5.69 Å². The lowest BCUT2D eigenvalue weighted by Gasteiger charge is -2.08. The summed E-state index contributed by atoms with van der Waals surface area (Å²) >= 11 is 0. The minimum atomic E-state index is -2.19. The van der Waals surface area contributed by atoms with Crippen LogP contribution >= 0.6 is 0 Å². The summed E-state index contributed by atoms with van der Waals surface area (Å²) in [4.78, 5) is 0. The van der Waals surface area contributed by atoms with Gasteiger partial charge in [-0.05, 0) is 6.07 Å². The molecule has 0 saturated heterocycles. The predicted molar refractivity (Wildman–Crippen MR) is 65.3 cm³/mol. The molecule has 0 bridgehead atoms. The van der Waals surface area contributed by atoms with Crippen molar-refractivity contribution in [2.45, 2.75) is 26.4 Å². The zero-order valence-electron chi connectivity index (χ0n) is 11.2. The monoisotopic (exact) mass is 305 g/mol. The average molecular weight is 305 g/mol. The van der Waals surface area contributed by atoms with Crippen molar-refractivity contribution in [1.29, 1.82) is 0 Å². The van der Waals surface area contributed by atoms with Crippen LogP contribution in [0.5, 0.6) is 0 Å². The second-order valence-corrected chi connectivity index (χ2v) is 4.71. The minimum absolute atomic E-state index is 0.157. The number of rotatable bonds is 4. The summed E-state index contributed by atoms with van der Waals surface area (Å²) in [5.41, 5.74) is -0.685. The molecule has 0 aliphatic heterocycles. The Labute approximate surface area is 117 Å². The summed E-state index contributed by atoms with van der Waals surface area (Å²) < 4.78 is 67.1. The van der Waals surface area contributed by atoms with Crippen LogP contribution in [0.25, 0.3) is 5.69 Å². The molecule has 1 heterocycles. The first-order valence-corrected chi connectivity index (χ1v) is 6.12. The second-order valence-electron chi connectivity index (χ2n) is 4.71. The van der Waals surface area contributed by atoms with Gasteiger partial charge in [0.05, 0.1) is 5.69 Å². The van der Waals surface area contributed by atoms with Crippen molar-refractivity contribution in [3.63, 3.8) is 0 Å². The van der Waals surface area contributed by atoms with Crippen molar-refractivity contribution < 1.29 is 22.0 Å². The quantitative estimate of drug-likeness (QED) is 0.534. The molecular formula is C13H12F5N3. The van der Waals surface area contributed by atoms with Crippen molar-refractivity contribution in [1.82, 2.24) is 15.1 Å². The van der Waals surface area contributed by atoms with E-state index in [4.69, 9.17) is 0 Å². The van der Waals surface area contributed by atoms with Crippen LogP contribution < -0.4 is 5.32 Å². The molecule has 0 radical (unpaired) electrons. The molecule has 1 aromatic carbocycles. The van der Waals surface area contributed by atoms with Crippen LogP contribution in [-0.4, -0.2) is 15.8 Å². The highest BCUT2D eigenvalue weighted by molar-refractivity contribution is 5.37. The molecular weight excluding hydrogens is 293 g/mol. The smallest absolute Gasteiger partial charge is 0.200 e. The van der Waals surface area contributed by atoms with E-state index in [1.807, 2.05) is 13.8 Å². The van der Waals surface area contributed by atoms with Crippen molar-refractivity contribution in [2.24, 2.45) is 0 Å². The Morgan fingerprint density at radius 3 is 2.05 bits per heavy atom. The SMILES string of the molecule is CC(C)NCc1ccn(-c2c(F)c(F)c(F)c(F)c2F)n1. The zero-order chi connectivity index (χ0) is 15.7. The summed E-state index contributed by atoms with van der Waals surface area (Å²) in [6.07, 6.45) is 1.13. The van der Waals surface area contributed by atoms with E-state index in [-0.39, 0.29) is 6.04 Å². The highest BCUT2D eigenvalue weighted by Crippen LogP contribution is 2.25. The molecule has 3 nitrogen and oxygen atoms in total. The molecule has 2 aromatic rings. The molecule has 0 saturated carbocycles. The van der Waals surface area contributed by atoms with Crippen LogP contribution in [0, 0.1) is 29.1 Å². The van der Waals surface area contributed by atoms with Crippen molar-refractivity contribution in [3.05, 3.63) is 47.0 Å². The lowest BCUT2D eigenvalue weighted by atomic mass is 10.2. The van der Waals surface area contributed by atoms with E-state index in [1.165, 1.54) is 6.07 Å². The van der Waals surface area contributed by atoms with Gasteiger partial charge in [-0.3, -0.25) is 0 Å². The number of halogens is 5. The molecule has 0 aliphatic carbocycles. The van der Waals surface area contributed by atoms with Crippen LogP contribution in [0.2, 0.25) is 0 Å². The maximum Gasteiger partial charge on any atom is 0.200 e. The first-order chi connectivity index (χ1) is 9.82. The number of aromatic nitrogens is 2. The highest BCUT2D eigenvalue weighted by Gasteiger charge is 2.27. The lowest BCUT2D eigenvalue weighted by Crippen LogP contribution is -2.22. The molecule has 114 valence electrons. The molecule has 0 amide bonds. The Morgan fingerprint density at radius 1 is 1.00 bits per heavy atom. The molecule has 0 aliphatic rings. The standard InChI is InChI=1S/C13H12F5N3/c1-6(2)19-5-7-3-4-21(20-7)13-11(17)9(15)8(14)10(16)12(13)18/h3-4,6,19H,5H2,1-2H3. The molecule has 1 aromatic heterocycles. The maximum absolute atomic E-state index is 13.6. The van der Waals surface area contributed by atoms with E-state index in [2.05, 4.69) is 10.4 Å². The molecule has 2 rings (SSSR count). The Morgan fingerprint density at radius 2 is 1.52 bits per heavy atom. The molecule has 0 fully saturated rings. The Hall–Kier alpha value is -1.96. The number of nitrogens with one attached hydrogen (secondary N) is 1. The molecule has 8 heteroatoms. The predicted octanol–water partition coefficient (Wildman–Crippen LogP) is 3.07. The van der Waals surface area contributed by atoms with Gasteiger partial charge in [-0.1, -0.05) is 13.8 Å². The summed E-state index contributed by atoms with van der Waals surface area (Å²) in [6.45, 7) is 4.09. The first-order valence-electron chi connectivity index (χ1n) is 6.12. The number of hydrogen-bond donors (Lipinski definition) is 1. The second kappa shape index (κ2) is 5.80. The third-order valence-electron chi connectivity index (χ3n) is 2.75. The van der Waals surface area contributed by atoms with Crippen LogP contribution in [0.1, 0.15) is 19.5 Å². The third kappa shape index (κ3) is 2.90. The molecule has 0 unspecified atom stereocenters. The van der Waals surface area contributed by atoms with Crippen LogP contribution in [0.15, 0.2) is 12.3 Å². The van der Waals surface area contributed by atoms with E-state index >= 15 is 0 Å². The number of benzene rings is 1. The van der Waals surface area contributed by atoms with Gasteiger partial charge in [0.25, 0.3) is 0 Å². The summed E-state index contributed by atoms with van der Waals surface area (Å²) in [7, 11) is 0. The van der Waals surface area contributed by atoms with Crippen molar-refractivity contribution in [2.75, 3.05) is 0 Å². The Balaban J connectivity index is 2.43. The maximum atomic E-state index is 13.6. The van der Waals surface area contributed by atoms with Gasteiger partial charge in [-0.15, -0.1) is 0 Å². The Bertz CT molecular complexity index is 637. The average Bonchev–Trinajstić information content (AvgIpc) is 2.89. The van der Waals surface area contributed by atoms with Gasteiger partial charge in [0.2, 0.25) is 5.82 Å². The van der Waals surface area contributed by atoms with Gasteiger partial charge < -0.3 is 5.32 Å². The lowest BCUT2D eigenvalue weighted by molar-refractivity contribution is 0.373. The van der Waals surface area contributed by atoms with Crippen LogP contribution in [0.4, 0.5) is 22.0 Å². The molecule has 21 heavy (non-hydrogen) atoms.